The van der Waals surface area contributed by atoms with Crippen LogP contribution in [0.4, 0.5) is 0 Å². The maximum atomic E-state index is 11.1. The average molecular weight is 285 g/mol. The lowest BCUT2D eigenvalue weighted by molar-refractivity contribution is -0.139. The van der Waals surface area contributed by atoms with E-state index in [1.807, 2.05) is 17.0 Å². The van der Waals surface area contributed by atoms with Gasteiger partial charge in [-0.1, -0.05) is 43.3 Å². The predicted octanol–water partition coefficient (Wildman–Crippen LogP) is 4.09. The smallest absolute Gasteiger partial charge is 0.317 e. The second-order valence-electron chi connectivity index (χ2n) is 5.61. The highest BCUT2D eigenvalue weighted by molar-refractivity contribution is 5.83. The van der Waals surface area contributed by atoms with E-state index in [1.54, 1.807) is 0 Å². The summed E-state index contributed by atoms with van der Waals surface area (Å²) in [6.07, 6.45) is 0.936. The van der Waals surface area contributed by atoms with Crippen molar-refractivity contribution in [1.29, 1.82) is 0 Å². The zero-order valence-corrected chi connectivity index (χ0v) is 12.9. The van der Waals surface area contributed by atoms with Gasteiger partial charge in [0.1, 0.15) is 0 Å². The molecule has 21 heavy (non-hydrogen) atoms. The van der Waals surface area contributed by atoms with Crippen molar-refractivity contribution in [2.75, 3.05) is 6.54 Å². The number of fused-ring (bicyclic) bond motifs is 1. The van der Waals surface area contributed by atoms with Gasteiger partial charge in [0, 0.05) is 12.1 Å². The van der Waals surface area contributed by atoms with Crippen LogP contribution in [0.1, 0.15) is 38.8 Å². The summed E-state index contributed by atoms with van der Waals surface area (Å²) in [6, 6.07) is 14.9. The SMILES string of the molecule is CCC(C)N(CC(=O)O)C(C)c1ccc2ccccc2c1. The van der Waals surface area contributed by atoms with Gasteiger partial charge in [-0.2, -0.15) is 0 Å². The molecule has 1 N–H and O–H groups in total. The summed E-state index contributed by atoms with van der Waals surface area (Å²) in [7, 11) is 0. The van der Waals surface area contributed by atoms with Crippen molar-refractivity contribution < 1.29 is 9.90 Å². The van der Waals surface area contributed by atoms with E-state index in [2.05, 4.69) is 51.1 Å². The van der Waals surface area contributed by atoms with Crippen LogP contribution in [-0.4, -0.2) is 28.6 Å². The molecule has 2 unspecified atom stereocenters. The van der Waals surface area contributed by atoms with Crippen LogP contribution < -0.4 is 0 Å². The Hall–Kier alpha value is -1.87. The fourth-order valence-electron chi connectivity index (χ4n) is 2.72. The van der Waals surface area contributed by atoms with Crippen LogP contribution >= 0.6 is 0 Å². The number of hydrogen-bond acceptors (Lipinski definition) is 2. The Balaban J connectivity index is 2.32. The Morgan fingerprint density at radius 2 is 1.81 bits per heavy atom. The minimum absolute atomic E-state index is 0.0724. The molecule has 3 heteroatoms. The first-order chi connectivity index (χ1) is 10.0. The molecule has 2 rings (SSSR count). The highest BCUT2D eigenvalue weighted by Crippen LogP contribution is 2.26. The van der Waals surface area contributed by atoms with Crippen LogP contribution in [0.15, 0.2) is 42.5 Å². The standard InChI is InChI=1S/C18H23NO2/c1-4-13(2)19(12-18(20)21)14(3)16-10-9-15-7-5-6-8-17(15)11-16/h5-11,13-14H,4,12H2,1-3H3,(H,20,21). The van der Waals surface area contributed by atoms with Crippen molar-refractivity contribution >= 4 is 16.7 Å². The number of hydrogen-bond donors (Lipinski definition) is 1. The maximum absolute atomic E-state index is 11.1. The highest BCUT2D eigenvalue weighted by atomic mass is 16.4. The number of carboxylic acids is 1. The molecule has 0 aliphatic carbocycles. The van der Waals surface area contributed by atoms with E-state index >= 15 is 0 Å². The summed E-state index contributed by atoms with van der Waals surface area (Å²) in [6.45, 7) is 6.33. The second-order valence-corrected chi connectivity index (χ2v) is 5.61. The van der Waals surface area contributed by atoms with Crippen molar-refractivity contribution in [3.05, 3.63) is 48.0 Å². The van der Waals surface area contributed by atoms with E-state index in [1.165, 1.54) is 10.8 Å². The van der Waals surface area contributed by atoms with Crippen LogP contribution in [0.25, 0.3) is 10.8 Å². The molecule has 0 aliphatic heterocycles. The molecule has 112 valence electrons. The Bertz CT molecular complexity index is 623. The quantitative estimate of drug-likeness (QED) is 0.869. The van der Waals surface area contributed by atoms with E-state index in [4.69, 9.17) is 5.11 Å². The molecule has 2 atom stereocenters. The predicted molar refractivity (Wildman–Crippen MR) is 86.5 cm³/mol. The van der Waals surface area contributed by atoms with Crippen LogP contribution in [0.2, 0.25) is 0 Å². The summed E-state index contributed by atoms with van der Waals surface area (Å²) in [5.41, 5.74) is 1.16. The number of benzene rings is 2. The number of aliphatic carboxylic acids is 1. The van der Waals surface area contributed by atoms with E-state index in [-0.39, 0.29) is 18.6 Å². The van der Waals surface area contributed by atoms with Gasteiger partial charge in [0.25, 0.3) is 0 Å². The normalized spacial score (nSPS) is 14.3. The summed E-state index contributed by atoms with van der Waals surface area (Å²) < 4.78 is 0. The lowest BCUT2D eigenvalue weighted by Gasteiger charge is -2.33. The third kappa shape index (κ3) is 3.61. The molecule has 0 saturated heterocycles. The number of carboxylic acid groups (broad SMARTS) is 1. The maximum Gasteiger partial charge on any atom is 0.317 e. The van der Waals surface area contributed by atoms with Crippen LogP contribution in [0.5, 0.6) is 0 Å². The summed E-state index contributed by atoms with van der Waals surface area (Å²) in [5, 5.41) is 11.6. The molecule has 0 saturated carbocycles. The fraction of sp³-hybridized carbons (Fsp3) is 0.389. The molecule has 2 aromatic carbocycles. The number of nitrogens with zero attached hydrogens (tertiary/aromatic N) is 1. The summed E-state index contributed by atoms with van der Waals surface area (Å²) in [4.78, 5) is 13.2. The second kappa shape index (κ2) is 6.72. The van der Waals surface area contributed by atoms with Crippen molar-refractivity contribution in [3.63, 3.8) is 0 Å². The number of carbonyl (C=O) groups is 1. The zero-order chi connectivity index (χ0) is 15.4. The van der Waals surface area contributed by atoms with Gasteiger partial charge >= 0.3 is 5.97 Å². The molecule has 0 aromatic heterocycles. The van der Waals surface area contributed by atoms with Gasteiger partial charge in [-0.3, -0.25) is 9.69 Å². The van der Waals surface area contributed by atoms with Crippen molar-refractivity contribution in [2.24, 2.45) is 0 Å². The minimum atomic E-state index is -0.775. The third-order valence-electron chi connectivity index (χ3n) is 4.23. The zero-order valence-electron chi connectivity index (χ0n) is 12.9. The van der Waals surface area contributed by atoms with Crippen LogP contribution in [0, 0.1) is 0 Å². The van der Waals surface area contributed by atoms with Crippen LogP contribution in [0.3, 0.4) is 0 Å². The van der Waals surface area contributed by atoms with Gasteiger partial charge in [0.2, 0.25) is 0 Å². The van der Waals surface area contributed by atoms with Gasteiger partial charge in [-0.25, -0.2) is 0 Å². The van der Waals surface area contributed by atoms with E-state index in [0.717, 1.165) is 12.0 Å². The topological polar surface area (TPSA) is 40.5 Å². The highest BCUT2D eigenvalue weighted by Gasteiger charge is 2.22. The van der Waals surface area contributed by atoms with Gasteiger partial charge in [0.15, 0.2) is 0 Å². The molecule has 2 aromatic rings. The fourth-order valence-corrected chi connectivity index (χ4v) is 2.72. The lowest BCUT2D eigenvalue weighted by atomic mass is 10.0. The Labute approximate surface area is 126 Å². The molecule has 0 aliphatic rings. The van der Waals surface area contributed by atoms with E-state index in [9.17, 15) is 4.79 Å². The minimum Gasteiger partial charge on any atom is -0.480 e. The third-order valence-corrected chi connectivity index (χ3v) is 4.23. The Morgan fingerprint density at radius 1 is 1.14 bits per heavy atom. The van der Waals surface area contributed by atoms with E-state index in [0.29, 0.717) is 0 Å². The molecular weight excluding hydrogens is 262 g/mol. The van der Waals surface area contributed by atoms with Crippen molar-refractivity contribution in [2.45, 2.75) is 39.3 Å². The van der Waals surface area contributed by atoms with E-state index < -0.39 is 5.97 Å². The summed E-state index contributed by atoms with van der Waals surface area (Å²) in [5.74, 6) is -0.775. The molecular formula is C18H23NO2. The molecule has 0 fully saturated rings. The molecule has 0 bridgehead atoms. The van der Waals surface area contributed by atoms with Gasteiger partial charge in [0.05, 0.1) is 6.54 Å². The molecule has 0 heterocycles. The van der Waals surface area contributed by atoms with Gasteiger partial charge in [-0.05, 0) is 42.7 Å². The lowest BCUT2D eigenvalue weighted by Crippen LogP contribution is -2.39. The largest absolute Gasteiger partial charge is 0.480 e. The number of rotatable bonds is 6. The van der Waals surface area contributed by atoms with Gasteiger partial charge < -0.3 is 5.11 Å². The monoisotopic (exact) mass is 285 g/mol. The summed E-state index contributed by atoms with van der Waals surface area (Å²) >= 11 is 0. The first-order valence-corrected chi connectivity index (χ1v) is 7.49. The van der Waals surface area contributed by atoms with Crippen molar-refractivity contribution in [3.8, 4) is 0 Å². The molecule has 0 spiro atoms. The van der Waals surface area contributed by atoms with Gasteiger partial charge in [-0.15, -0.1) is 0 Å². The first-order valence-electron chi connectivity index (χ1n) is 7.49. The average Bonchev–Trinajstić information content (AvgIpc) is 2.50. The van der Waals surface area contributed by atoms with Crippen molar-refractivity contribution in [1.82, 2.24) is 4.90 Å². The molecule has 0 amide bonds. The first kappa shape index (κ1) is 15.5. The van der Waals surface area contributed by atoms with Crippen LogP contribution in [-0.2, 0) is 4.79 Å². The Kier molecular flexibility index (Phi) is 4.97. The molecule has 0 radical (unpaired) electrons. The molecule has 3 nitrogen and oxygen atoms in total. The Morgan fingerprint density at radius 3 is 2.43 bits per heavy atom.